The fourth-order valence-electron chi connectivity index (χ4n) is 2.19. The zero-order valence-corrected chi connectivity index (χ0v) is 15.0. The van der Waals surface area contributed by atoms with Gasteiger partial charge in [-0.2, -0.15) is 5.10 Å². The maximum Gasteiger partial charge on any atom is 0.205 e. The number of ketones is 1. The molecule has 1 heterocycles. The van der Waals surface area contributed by atoms with Gasteiger partial charge in [0.25, 0.3) is 0 Å². The lowest BCUT2D eigenvalue weighted by Gasteiger charge is -2.18. The number of aromatic nitrogens is 2. The highest BCUT2D eigenvalue weighted by atomic mass is 79.9. The summed E-state index contributed by atoms with van der Waals surface area (Å²) < 4.78 is 2.42. The molecular formula is C18H21BrN2O. The van der Waals surface area contributed by atoms with Crippen LogP contribution < -0.4 is 0 Å². The summed E-state index contributed by atoms with van der Waals surface area (Å²) in [6, 6.07) is 8.29. The molecule has 0 aliphatic rings. The van der Waals surface area contributed by atoms with Gasteiger partial charge in [0.05, 0.1) is 10.7 Å². The van der Waals surface area contributed by atoms with E-state index in [0.29, 0.717) is 12.2 Å². The van der Waals surface area contributed by atoms with E-state index in [2.05, 4.69) is 53.9 Å². The average molecular weight is 361 g/mol. The standard InChI is InChI=1S/C18H21BrN2O/c1-5-21-17(15(19)12-20-21)16(22)11-8-13-6-9-14(10-7-13)18(2,3)4/h6-12H,5H2,1-4H3/b11-8+. The van der Waals surface area contributed by atoms with Crippen LogP contribution in [0.2, 0.25) is 0 Å². The summed E-state index contributed by atoms with van der Waals surface area (Å²) in [5, 5.41) is 4.16. The maximum absolute atomic E-state index is 12.3. The van der Waals surface area contributed by atoms with Crippen LogP contribution in [0.5, 0.6) is 0 Å². The van der Waals surface area contributed by atoms with Crippen LogP contribution in [-0.2, 0) is 12.0 Å². The molecule has 0 atom stereocenters. The molecule has 0 aliphatic heterocycles. The zero-order valence-electron chi connectivity index (χ0n) is 13.4. The Morgan fingerprint density at radius 2 is 1.91 bits per heavy atom. The molecule has 0 spiro atoms. The van der Waals surface area contributed by atoms with Crippen LogP contribution in [0.1, 0.15) is 49.3 Å². The van der Waals surface area contributed by atoms with E-state index in [1.54, 1.807) is 17.0 Å². The minimum Gasteiger partial charge on any atom is -0.288 e. The number of benzene rings is 1. The number of carbonyl (C=O) groups excluding carboxylic acids is 1. The number of carbonyl (C=O) groups is 1. The minimum atomic E-state index is -0.0499. The summed E-state index contributed by atoms with van der Waals surface area (Å²) in [7, 11) is 0. The van der Waals surface area contributed by atoms with Crippen molar-refractivity contribution in [3.8, 4) is 0 Å². The second kappa shape index (κ2) is 6.61. The number of allylic oxidation sites excluding steroid dienone is 1. The first-order valence-electron chi connectivity index (χ1n) is 7.37. The quantitative estimate of drug-likeness (QED) is 0.576. The Hall–Kier alpha value is -1.68. The number of hydrogen-bond acceptors (Lipinski definition) is 2. The molecule has 0 unspecified atom stereocenters. The lowest BCUT2D eigenvalue weighted by Crippen LogP contribution is -2.10. The van der Waals surface area contributed by atoms with Gasteiger partial charge >= 0.3 is 0 Å². The SMILES string of the molecule is CCn1ncc(Br)c1C(=O)/C=C/c1ccc(C(C)(C)C)cc1. The summed E-state index contributed by atoms with van der Waals surface area (Å²) in [5.41, 5.74) is 3.02. The van der Waals surface area contributed by atoms with Gasteiger partial charge in [-0.1, -0.05) is 51.1 Å². The average Bonchev–Trinajstić information content (AvgIpc) is 2.85. The highest BCUT2D eigenvalue weighted by molar-refractivity contribution is 9.10. The van der Waals surface area contributed by atoms with Gasteiger partial charge < -0.3 is 0 Å². The molecular weight excluding hydrogens is 340 g/mol. The molecule has 0 bridgehead atoms. The molecule has 1 aromatic carbocycles. The number of aryl methyl sites for hydroxylation is 1. The molecule has 2 rings (SSSR count). The highest BCUT2D eigenvalue weighted by Gasteiger charge is 2.14. The molecule has 0 radical (unpaired) electrons. The van der Waals surface area contributed by atoms with Crippen LogP contribution in [-0.4, -0.2) is 15.6 Å². The van der Waals surface area contributed by atoms with Crippen molar-refractivity contribution < 1.29 is 4.79 Å². The summed E-state index contributed by atoms with van der Waals surface area (Å²) in [5.74, 6) is -0.0499. The molecule has 3 nitrogen and oxygen atoms in total. The van der Waals surface area contributed by atoms with Crippen molar-refractivity contribution in [2.24, 2.45) is 0 Å². The molecule has 0 fully saturated rings. The first-order valence-corrected chi connectivity index (χ1v) is 8.16. The van der Waals surface area contributed by atoms with Crippen LogP contribution in [0.4, 0.5) is 0 Å². The van der Waals surface area contributed by atoms with Crippen molar-refractivity contribution in [2.75, 3.05) is 0 Å². The highest BCUT2D eigenvalue weighted by Crippen LogP contribution is 2.23. The van der Waals surface area contributed by atoms with Gasteiger partial charge in [-0.25, -0.2) is 0 Å². The van der Waals surface area contributed by atoms with E-state index in [9.17, 15) is 4.79 Å². The van der Waals surface area contributed by atoms with E-state index in [0.717, 1.165) is 10.0 Å². The van der Waals surface area contributed by atoms with E-state index < -0.39 is 0 Å². The van der Waals surface area contributed by atoms with Crippen molar-refractivity contribution in [3.63, 3.8) is 0 Å². The maximum atomic E-state index is 12.3. The van der Waals surface area contributed by atoms with Gasteiger partial charge in [-0.3, -0.25) is 9.48 Å². The van der Waals surface area contributed by atoms with Crippen LogP contribution in [0.15, 0.2) is 41.0 Å². The van der Waals surface area contributed by atoms with Gasteiger partial charge in [-0.05, 0) is 45.5 Å². The number of nitrogens with zero attached hydrogens (tertiary/aromatic N) is 2. The van der Waals surface area contributed by atoms with Crippen molar-refractivity contribution >= 4 is 27.8 Å². The molecule has 1 aromatic heterocycles. The van der Waals surface area contributed by atoms with Crippen molar-refractivity contribution in [3.05, 3.63) is 57.8 Å². The number of rotatable bonds is 4. The van der Waals surface area contributed by atoms with Crippen LogP contribution in [0, 0.1) is 0 Å². The summed E-state index contributed by atoms with van der Waals surface area (Å²) in [6.07, 6.45) is 5.09. The molecule has 0 aliphatic carbocycles. The van der Waals surface area contributed by atoms with Gasteiger partial charge in [0.2, 0.25) is 5.78 Å². The van der Waals surface area contributed by atoms with Crippen molar-refractivity contribution in [1.82, 2.24) is 9.78 Å². The Morgan fingerprint density at radius 3 is 2.45 bits per heavy atom. The van der Waals surface area contributed by atoms with Crippen LogP contribution >= 0.6 is 15.9 Å². The molecule has 0 saturated heterocycles. The van der Waals surface area contributed by atoms with Gasteiger partial charge in [0.15, 0.2) is 0 Å². The Kier molecular flexibility index (Phi) is 5.01. The van der Waals surface area contributed by atoms with Crippen molar-refractivity contribution in [2.45, 2.75) is 39.7 Å². The fraction of sp³-hybridized carbons (Fsp3) is 0.333. The predicted octanol–water partition coefficient (Wildman–Crippen LogP) is 4.86. The topological polar surface area (TPSA) is 34.9 Å². The fourth-order valence-corrected chi connectivity index (χ4v) is 2.68. The summed E-state index contributed by atoms with van der Waals surface area (Å²) >= 11 is 3.38. The van der Waals surface area contributed by atoms with E-state index in [4.69, 9.17) is 0 Å². The molecule has 116 valence electrons. The van der Waals surface area contributed by atoms with E-state index in [1.165, 1.54) is 5.56 Å². The Balaban J connectivity index is 2.18. The summed E-state index contributed by atoms with van der Waals surface area (Å²) in [6.45, 7) is 9.19. The van der Waals surface area contributed by atoms with E-state index in [-0.39, 0.29) is 11.2 Å². The third-order valence-electron chi connectivity index (χ3n) is 3.53. The molecule has 2 aromatic rings. The smallest absolute Gasteiger partial charge is 0.205 e. The van der Waals surface area contributed by atoms with Gasteiger partial charge in [0.1, 0.15) is 5.69 Å². The molecule has 0 N–H and O–H groups in total. The minimum absolute atomic E-state index is 0.0499. The van der Waals surface area contributed by atoms with E-state index in [1.807, 2.05) is 25.1 Å². The van der Waals surface area contributed by atoms with Crippen LogP contribution in [0.25, 0.3) is 6.08 Å². The Bertz CT molecular complexity index is 691. The van der Waals surface area contributed by atoms with Crippen LogP contribution in [0.3, 0.4) is 0 Å². The first-order chi connectivity index (χ1) is 10.3. The monoisotopic (exact) mass is 360 g/mol. The summed E-state index contributed by atoms with van der Waals surface area (Å²) in [4.78, 5) is 12.3. The number of hydrogen-bond donors (Lipinski definition) is 0. The first kappa shape index (κ1) is 16.7. The molecule has 22 heavy (non-hydrogen) atoms. The molecule has 0 saturated carbocycles. The van der Waals surface area contributed by atoms with E-state index >= 15 is 0 Å². The normalized spacial score (nSPS) is 12.0. The van der Waals surface area contributed by atoms with Crippen molar-refractivity contribution in [1.29, 1.82) is 0 Å². The lowest BCUT2D eigenvalue weighted by molar-refractivity contribution is 0.103. The Labute approximate surface area is 140 Å². The lowest BCUT2D eigenvalue weighted by atomic mass is 9.87. The third kappa shape index (κ3) is 3.74. The Morgan fingerprint density at radius 1 is 1.27 bits per heavy atom. The zero-order chi connectivity index (χ0) is 16.3. The molecule has 4 heteroatoms. The van der Waals surface area contributed by atoms with Gasteiger partial charge in [-0.15, -0.1) is 0 Å². The molecule has 0 amide bonds. The second-order valence-electron chi connectivity index (χ2n) is 6.23. The largest absolute Gasteiger partial charge is 0.288 e. The number of halogens is 1. The second-order valence-corrected chi connectivity index (χ2v) is 7.08. The van der Waals surface area contributed by atoms with Gasteiger partial charge in [0, 0.05) is 6.54 Å². The predicted molar refractivity (Wildman–Crippen MR) is 94.1 cm³/mol. The third-order valence-corrected chi connectivity index (χ3v) is 4.11.